The molecule has 0 bridgehead atoms. The number of carbonyl (C=O) groups excluding carboxylic acids is 1. The second-order valence-corrected chi connectivity index (χ2v) is 7.67. The topological polar surface area (TPSA) is 65.2 Å². The molecule has 1 atom stereocenters. The summed E-state index contributed by atoms with van der Waals surface area (Å²) in [6.07, 6.45) is -2.53. The third kappa shape index (κ3) is 5.84. The maximum absolute atomic E-state index is 12.7. The minimum absolute atomic E-state index is 0.321. The Morgan fingerprint density at radius 2 is 1.55 bits per heavy atom. The van der Waals surface area contributed by atoms with E-state index in [1.165, 1.54) is 18.3 Å². The van der Waals surface area contributed by atoms with Gasteiger partial charge in [0.15, 0.2) is 0 Å². The van der Waals surface area contributed by atoms with Gasteiger partial charge in [-0.3, -0.25) is 9.78 Å². The summed E-state index contributed by atoms with van der Waals surface area (Å²) in [4.78, 5) is 15.6. The van der Waals surface area contributed by atoms with Crippen molar-refractivity contribution in [2.45, 2.75) is 32.5 Å². The maximum atomic E-state index is 12.7. The summed E-state index contributed by atoms with van der Waals surface area (Å²) in [5.41, 5.74) is 7.07. The first-order valence-corrected chi connectivity index (χ1v) is 9.83. The zero-order valence-corrected chi connectivity index (χ0v) is 17.2. The summed E-state index contributed by atoms with van der Waals surface area (Å²) in [6, 6.07) is 15.5. The number of halogens is 3. The number of rotatable bonds is 7. The van der Waals surface area contributed by atoms with Crippen molar-refractivity contribution in [3.8, 4) is 16.9 Å². The number of primary amides is 1. The van der Waals surface area contributed by atoms with Crippen molar-refractivity contribution >= 4 is 5.91 Å². The number of pyridine rings is 1. The second kappa shape index (κ2) is 9.20. The van der Waals surface area contributed by atoms with Gasteiger partial charge in [0.25, 0.3) is 0 Å². The van der Waals surface area contributed by atoms with E-state index in [9.17, 15) is 18.0 Å². The first kappa shape index (κ1) is 22.3. The Morgan fingerprint density at radius 3 is 2.00 bits per heavy atom. The van der Waals surface area contributed by atoms with E-state index in [4.69, 9.17) is 10.5 Å². The lowest BCUT2D eigenvalue weighted by atomic mass is 10.0. The quantitative estimate of drug-likeness (QED) is 0.499. The molecule has 2 aromatic carbocycles. The number of nitrogens with two attached hydrogens (primary N) is 1. The molecular formula is C24H23F3N2O2. The van der Waals surface area contributed by atoms with Crippen molar-refractivity contribution in [3.05, 3.63) is 83.7 Å². The van der Waals surface area contributed by atoms with E-state index in [1.807, 2.05) is 0 Å². The first-order chi connectivity index (χ1) is 14.6. The number of aromatic nitrogens is 1. The van der Waals surface area contributed by atoms with E-state index in [0.29, 0.717) is 34.9 Å². The van der Waals surface area contributed by atoms with Crippen LogP contribution in [0.4, 0.5) is 13.2 Å². The van der Waals surface area contributed by atoms with Gasteiger partial charge in [-0.25, -0.2) is 0 Å². The Labute approximate surface area is 178 Å². The zero-order valence-electron chi connectivity index (χ0n) is 17.2. The molecule has 1 heterocycles. The molecule has 31 heavy (non-hydrogen) atoms. The Balaban J connectivity index is 1.77. The zero-order chi connectivity index (χ0) is 22.6. The monoisotopic (exact) mass is 428 g/mol. The molecule has 0 aliphatic rings. The minimum atomic E-state index is -4.36. The predicted molar refractivity (Wildman–Crippen MR) is 112 cm³/mol. The van der Waals surface area contributed by atoms with Gasteiger partial charge in [0.2, 0.25) is 5.91 Å². The highest BCUT2D eigenvalue weighted by Crippen LogP contribution is 2.32. The van der Waals surface area contributed by atoms with Crippen molar-refractivity contribution in [1.29, 1.82) is 0 Å². The van der Waals surface area contributed by atoms with E-state index in [1.54, 1.807) is 36.4 Å². The van der Waals surface area contributed by atoms with E-state index in [-0.39, 0.29) is 6.10 Å². The van der Waals surface area contributed by atoms with Crippen LogP contribution in [0.5, 0.6) is 5.75 Å². The lowest BCUT2D eigenvalue weighted by molar-refractivity contribution is -0.137. The number of alkyl halides is 3. The van der Waals surface area contributed by atoms with Crippen LogP contribution in [0, 0.1) is 5.92 Å². The molecule has 0 aliphatic heterocycles. The largest absolute Gasteiger partial charge is 0.484 e. The van der Waals surface area contributed by atoms with Gasteiger partial charge in [0.05, 0.1) is 16.8 Å². The van der Waals surface area contributed by atoms with Crippen LogP contribution < -0.4 is 10.5 Å². The molecule has 4 nitrogen and oxygen atoms in total. The average molecular weight is 428 g/mol. The summed E-state index contributed by atoms with van der Waals surface area (Å²) >= 11 is 0. The maximum Gasteiger partial charge on any atom is 0.416 e. The number of amides is 1. The van der Waals surface area contributed by atoms with Crippen LogP contribution in [0.3, 0.4) is 0 Å². The number of nitrogens with zero attached hydrogens (tertiary/aromatic N) is 1. The number of benzene rings is 2. The number of carbonyl (C=O) groups is 1. The molecule has 3 aromatic rings. The third-order valence-corrected chi connectivity index (χ3v) is 4.76. The number of hydrogen-bond donors (Lipinski definition) is 1. The Kier molecular flexibility index (Phi) is 6.63. The third-order valence-electron chi connectivity index (χ3n) is 4.76. The summed E-state index contributed by atoms with van der Waals surface area (Å²) < 4.78 is 44.4. The van der Waals surface area contributed by atoms with Crippen molar-refractivity contribution in [2.75, 3.05) is 0 Å². The van der Waals surface area contributed by atoms with E-state index >= 15 is 0 Å². The summed E-state index contributed by atoms with van der Waals surface area (Å²) in [5.74, 6) is 0.412. The fraction of sp³-hybridized carbons (Fsp3) is 0.250. The molecule has 0 radical (unpaired) electrons. The second-order valence-electron chi connectivity index (χ2n) is 7.67. The van der Waals surface area contributed by atoms with Gasteiger partial charge in [-0.05, 0) is 59.9 Å². The van der Waals surface area contributed by atoms with Crippen LogP contribution in [-0.2, 0) is 6.18 Å². The molecule has 162 valence electrons. The molecule has 1 aromatic heterocycles. The molecule has 0 saturated carbocycles. The molecule has 0 fully saturated rings. The molecule has 3 rings (SSSR count). The average Bonchev–Trinajstić information content (AvgIpc) is 2.73. The van der Waals surface area contributed by atoms with Crippen molar-refractivity contribution in [2.24, 2.45) is 11.7 Å². The molecular weight excluding hydrogens is 405 g/mol. The summed E-state index contributed by atoms with van der Waals surface area (Å²) in [6.45, 7) is 4.14. The lowest BCUT2D eigenvalue weighted by Gasteiger charge is -2.21. The van der Waals surface area contributed by atoms with Crippen molar-refractivity contribution in [1.82, 2.24) is 4.98 Å². The molecule has 0 spiro atoms. The first-order valence-electron chi connectivity index (χ1n) is 9.83. The highest BCUT2D eigenvalue weighted by atomic mass is 19.4. The van der Waals surface area contributed by atoms with Gasteiger partial charge in [-0.15, -0.1) is 0 Å². The van der Waals surface area contributed by atoms with Gasteiger partial charge in [-0.2, -0.15) is 13.2 Å². The van der Waals surface area contributed by atoms with Gasteiger partial charge >= 0.3 is 6.18 Å². The Bertz CT molecular complexity index is 1010. The SMILES string of the molecule is CC(C)CC(Oc1ccc(-c2ccc(C(F)(F)F)cc2)cc1)c1ccc(C(N)=O)cn1. The Morgan fingerprint density at radius 1 is 0.968 bits per heavy atom. The number of ether oxygens (including phenoxy) is 1. The van der Waals surface area contributed by atoms with Gasteiger partial charge in [-0.1, -0.05) is 38.1 Å². The van der Waals surface area contributed by atoms with E-state index < -0.39 is 17.6 Å². The highest BCUT2D eigenvalue weighted by molar-refractivity contribution is 5.92. The van der Waals surface area contributed by atoms with Crippen molar-refractivity contribution < 1.29 is 22.7 Å². The van der Waals surface area contributed by atoms with Crippen LogP contribution >= 0.6 is 0 Å². The fourth-order valence-corrected chi connectivity index (χ4v) is 3.14. The number of hydrogen-bond acceptors (Lipinski definition) is 3. The molecule has 2 N–H and O–H groups in total. The van der Waals surface area contributed by atoms with Crippen molar-refractivity contribution in [3.63, 3.8) is 0 Å². The molecule has 0 saturated heterocycles. The minimum Gasteiger partial charge on any atom is -0.484 e. The lowest BCUT2D eigenvalue weighted by Crippen LogP contribution is -2.15. The van der Waals surface area contributed by atoms with Gasteiger partial charge in [0, 0.05) is 6.20 Å². The molecule has 1 amide bonds. The summed E-state index contributed by atoms with van der Waals surface area (Å²) in [5, 5.41) is 0. The Hall–Kier alpha value is -3.35. The fourth-order valence-electron chi connectivity index (χ4n) is 3.14. The molecule has 1 unspecified atom stereocenters. The van der Waals surface area contributed by atoms with Crippen LogP contribution in [0.25, 0.3) is 11.1 Å². The molecule has 7 heteroatoms. The van der Waals surface area contributed by atoms with Crippen LogP contribution in [0.2, 0.25) is 0 Å². The van der Waals surface area contributed by atoms with E-state index in [0.717, 1.165) is 17.7 Å². The van der Waals surface area contributed by atoms with Gasteiger partial charge < -0.3 is 10.5 Å². The molecule has 0 aliphatic carbocycles. The van der Waals surface area contributed by atoms with Crippen LogP contribution in [0.15, 0.2) is 66.9 Å². The highest BCUT2D eigenvalue weighted by Gasteiger charge is 2.30. The van der Waals surface area contributed by atoms with E-state index in [2.05, 4.69) is 18.8 Å². The normalized spacial score (nSPS) is 12.6. The smallest absolute Gasteiger partial charge is 0.416 e. The van der Waals surface area contributed by atoms with Crippen LogP contribution in [0.1, 0.15) is 48.0 Å². The van der Waals surface area contributed by atoms with Crippen LogP contribution in [-0.4, -0.2) is 10.9 Å². The predicted octanol–water partition coefficient (Wildman–Crippen LogP) is 6.03. The standard InChI is InChI=1S/C24H23F3N2O2/c1-15(2)13-22(21-12-7-18(14-29-21)23(28)30)31-20-10-5-17(6-11-20)16-3-8-19(9-4-16)24(25,26)27/h3-12,14-15,22H,13H2,1-2H3,(H2,28,30). The summed E-state index contributed by atoms with van der Waals surface area (Å²) in [7, 11) is 0. The van der Waals surface area contributed by atoms with Gasteiger partial charge in [0.1, 0.15) is 11.9 Å².